The Bertz CT molecular complexity index is 848. The molecule has 2 aromatic carbocycles. The second-order valence-electron chi connectivity index (χ2n) is 5.60. The summed E-state index contributed by atoms with van der Waals surface area (Å²) in [6.07, 6.45) is 0. The summed E-state index contributed by atoms with van der Waals surface area (Å²) in [6.45, 7) is 4.76. The van der Waals surface area contributed by atoms with Crippen LogP contribution in [0, 0.1) is 13.8 Å². The zero-order valence-corrected chi connectivity index (χ0v) is 14.4. The van der Waals surface area contributed by atoms with Crippen LogP contribution in [0.4, 0.5) is 17.5 Å². The maximum atomic E-state index is 6.18. The van der Waals surface area contributed by atoms with Crippen LogP contribution in [0.25, 0.3) is 0 Å². The molecule has 1 aromatic heterocycles. The summed E-state index contributed by atoms with van der Waals surface area (Å²) in [7, 11) is 0. The number of halogens is 1. The molecule has 0 spiro atoms. The highest BCUT2D eigenvalue weighted by atomic mass is 35.5. The Balaban J connectivity index is 1.77. The lowest BCUT2D eigenvalue weighted by Crippen LogP contribution is -2.06. The molecule has 3 aromatic rings. The van der Waals surface area contributed by atoms with Crippen LogP contribution in [-0.2, 0) is 6.54 Å². The van der Waals surface area contributed by atoms with E-state index in [-0.39, 0.29) is 0 Å². The molecule has 0 aliphatic heterocycles. The van der Waals surface area contributed by atoms with Crippen molar-refractivity contribution >= 4 is 29.1 Å². The second kappa shape index (κ2) is 7.32. The topological polar surface area (TPSA) is 49.8 Å². The van der Waals surface area contributed by atoms with Gasteiger partial charge >= 0.3 is 0 Å². The van der Waals surface area contributed by atoms with Crippen LogP contribution in [-0.4, -0.2) is 9.97 Å². The van der Waals surface area contributed by atoms with E-state index in [1.807, 2.05) is 49.4 Å². The number of nitrogens with zero attached hydrogens (tertiary/aromatic N) is 2. The minimum Gasteiger partial charge on any atom is -0.366 e. The van der Waals surface area contributed by atoms with Crippen molar-refractivity contribution in [1.29, 1.82) is 0 Å². The Morgan fingerprint density at radius 1 is 0.958 bits per heavy atom. The fourth-order valence-electron chi connectivity index (χ4n) is 2.39. The highest BCUT2D eigenvalue weighted by molar-refractivity contribution is 6.33. The SMILES string of the molecule is Cc1cc(NCc2ccccc2C)nc(Nc2ccccc2Cl)n1. The van der Waals surface area contributed by atoms with Gasteiger partial charge in [-0.25, -0.2) is 4.98 Å². The van der Waals surface area contributed by atoms with Crippen LogP contribution in [0.5, 0.6) is 0 Å². The van der Waals surface area contributed by atoms with Crippen molar-refractivity contribution in [3.8, 4) is 0 Å². The normalized spacial score (nSPS) is 10.5. The van der Waals surface area contributed by atoms with Crippen molar-refractivity contribution in [2.75, 3.05) is 10.6 Å². The summed E-state index contributed by atoms with van der Waals surface area (Å²) < 4.78 is 0. The Morgan fingerprint density at radius 3 is 2.50 bits per heavy atom. The minimum absolute atomic E-state index is 0.524. The molecule has 24 heavy (non-hydrogen) atoms. The summed E-state index contributed by atoms with van der Waals surface area (Å²) in [5.41, 5.74) is 4.17. The third-order valence-corrected chi connectivity index (χ3v) is 4.03. The summed E-state index contributed by atoms with van der Waals surface area (Å²) in [5, 5.41) is 7.16. The molecule has 3 rings (SSSR count). The van der Waals surface area contributed by atoms with Crippen molar-refractivity contribution in [2.45, 2.75) is 20.4 Å². The second-order valence-corrected chi connectivity index (χ2v) is 6.01. The first-order chi connectivity index (χ1) is 11.6. The van der Waals surface area contributed by atoms with E-state index in [4.69, 9.17) is 11.6 Å². The molecule has 0 bridgehead atoms. The largest absolute Gasteiger partial charge is 0.366 e. The lowest BCUT2D eigenvalue weighted by molar-refractivity contribution is 1.05. The van der Waals surface area contributed by atoms with Crippen molar-refractivity contribution in [1.82, 2.24) is 9.97 Å². The van der Waals surface area contributed by atoms with Gasteiger partial charge in [-0.3, -0.25) is 0 Å². The van der Waals surface area contributed by atoms with Gasteiger partial charge in [0.25, 0.3) is 0 Å². The smallest absolute Gasteiger partial charge is 0.229 e. The lowest BCUT2D eigenvalue weighted by Gasteiger charge is -2.11. The van der Waals surface area contributed by atoms with E-state index in [0.717, 1.165) is 17.2 Å². The first-order valence-electron chi connectivity index (χ1n) is 7.77. The molecule has 0 amide bonds. The van der Waals surface area contributed by atoms with E-state index in [2.05, 4.69) is 39.7 Å². The number of aromatic nitrogens is 2. The highest BCUT2D eigenvalue weighted by Crippen LogP contribution is 2.24. The lowest BCUT2D eigenvalue weighted by atomic mass is 10.1. The Morgan fingerprint density at radius 2 is 1.71 bits per heavy atom. The van der Waals surface area contributed by atoms with E-state index in [1.165, 1.54) is 11.1 Å². The van der Waals surface area contributed by atoms with Crippen molar-refractivity contribution < 1.29 is 0 Å². The van der Waals surface area contributed by atoms with Crippen LogP contribution >= 0.6 is 11.6 Å². The van der Waals surface area contributed by atoms with Gasteiger partial charge in [0.2, 0.25) is 5.95 Å². The Labute approximate surface area is 146 Å². The fraction of sp³-hybridized carbons (Fsp3) is 0.158. The quantitative estimate of drug-likeness (QED) is 0.679. The standard InChI is InChI=1S/C19H19ClN4/c1-13-7-3-4-8-15(13)12-21-18-11-14(2)22-19(24-18)23-17-10-6-5-9-16(17)20/h3-11H,12H2,1-2H3,(H2,21,22,23,24). The van der Waals surface area contributed by atoms with Gasteiger partial charge in [0, 0.05) is 18.3 Å². The number of hydrogen-bond acceptors (Lipinski definition) is 4. The van der Waals surface area contributed by atoms with E-state index in [0.29, 0.717) is 17.5 Å². The molecule has 0 fully saturated rings. The van der Waals surface area contributed by atoms with E-state index < -0.39 is 0 Å². The molecule has 0 saturated heterocycles. The van der Waals surface area contributed by atoms with Crippen molar-refractivity contribution in [3.63, 3.8) is 0 Å². The molecule has 0 radical (unpaired) electrons. The Hall–Kier alpha value is -2.59. The molecule has 4 nitrogen and oxygen atoms in total. The average Bonchev–Trinajstić information content (AvgIpc) is 2.56. The van der Waals surface area contributed by atoms with Gasteiger partial charge in [-0.15, -0.1) is 0 Å². The van der Waals surface area contributed by atoms with E-state index in [9.17, 15) is 0 Å². The number of anilines is 3. The number of rotatable bonds is 5. The Kier molecular flexibility index (Phi) is 4.96. The summed E-state index contributed by atoms with van der Waals surface area (Å²) >= 11 is 6.18. The van der Waals surface area contributed by atoms with Crippen molar-refractivity contribution in [2.24, 2.45) is 0 Å². The zero-order chi connectivity index (χ0) is 16.9. The molecule has 122 valence electrons. The van der Waals surface area contributed by atoms with Crippen LogP contribution in [0.2, 0.25) is 5.02 Å². The van der Waals surface area contributed by atoms with E-state index >= 15 is 0 Å². The first kappa shape index (κ1) is 16.3. The summed E-state index contributed by atoms with van der Waals surface area (Å²) in [5.74, 6) is 1.30. The molecular formula is C19H19ClN4. The van der Waals surface area contributed by atoms with Crippen molar-refractivity contribution in [3.05, 3.63) is 76.4 Å². The number of benzene rings is 2. The fourth-order valence-corrected chi connectivity index (χ4v) is 2.58. The number of hydrogen-bond donors (Lipinski definition) is 2. The van der Waals surface area contributed by atoms with Crippen LogP contribution in [0.15, 0.2) is 54.6 Å². The van der Waals surface area contributed by atoms with Crippen LogP contribution < -0.4 is 10.6 Å². The monoisotopic (exact) mass is 338 g/mol. The van der Waals surface area contributed by atoms with Gasteiger partial charge in [-0.05, 0) is 37.1 Å². The molecular weight excluding hydrogens is 320 g/mol. The molecule has 0 saturated carbocycles. The molecule has 5 heteroatoms. The van der Waals surface area contributed by atoms with E-state index in [1.54, 1.807) is 0 Å². The third kappa shape index (κ3) is 4.03. The average molecular weight is 339 g/mol. The molecule has 0 atom stereocenters. The number of nitrogens with one attached hydrogen (secondary N) is 2. The van der Waals surface area contributed by atoms with Gasteiger partial charge < -0.3 is 10.6 Å². The maximum absolute atomic E-state index is 6.18. The van der Waals surface area contributed by atoms with Gasteiger partial charge in [0.15, 0.2) is 0 Å². The third-order valence-electron chi connectivity index (χ3n) is 3.70. The van der Waals surface area contributed by atoms with Gasteiger partial charge in [-0.1, -0.05) is 48.0 Å². The molecule has 2 N–H and O–H groups in total. The van der Waals surface area contributed by atoms with Crippen LogP contribution in [0.3, 0.4) is 0 Å². The van der Waals surface area contributed by atoms with Crippen LogP contribution in [0.1, 0.15) is 16.8 Å². The highest BCUT2D eigenvalue weighted by Gasteiger charge is 2.06. The van der Waals surface area contributed by atoms with Gasteiger partial charge in [-0.2, -0.15) is 4.98 Å². The summed E-state index contributed by atoms with van der Waals surface area (Å²) in [6, 6.07) is 17.8. The molecule has 0 unspecified atom stereocenters. The molecule has 1 heterocycles. The predicted molar refractivity (Wildman–Crippen MR) is 100 cm³/mol. The zero-order valence-electron chi connectivity index (χ0n) is 13.7. The number of aryl methyl sites for hydroxylation is 2. The van der Waals surface area contributed by atoms with Gasteiger partial charge in [0.1, 0.15) is 5.82 Å². The molecule has 0 aliphatic carbocycles. The van der Waals surface area contributed by atoms with Gasteiger partial charge in [0.05, 0.1) is 10.7 Å². The number of para-hydroxylation sites is 1. The minimum atomic E-state index is 0.524. The molecule has 0 aliphatic rings. The predicted octanol–water partition coefficient (Wildman–Crippen LogP) is 5.10. The maximum Gasteiger partial charge on any atom is 0.229 e. The first-order valence-corrected chi connectivity index (χ1v) is 8.15. The summed E-state index contributed by atoms with van der Waals surface area (Å²) in [4.78, 5) is 8.94.